The molecule has 2 N–H and O–H groups in total. The number of ether oxygens (including phenoxy) is 1. The monoisotopic (exact) mass is 432 g/mol. The number of H-pyrrole nitrogens is 1. The lowest BCUT2D eigenvalue weighted by Crippen LogP contribution is -2.14. The number of carbonyl (C=O) groups excluding carboxylic acids is 1. The molecule has 0 aliphatic heterocycles. The van der Waals surface area contributed by atoms with E-state index in [1.165, 1.54) is 11.8 Å². The molecule has 1 heterocycles. The normalized spacial score (nSPS) is 10.6. The van der Waals surface area contributed by atoms with Crippen molar-refractivity contribution in [1.29, 1.82) is 0 Å². The van der Waals surface area contributed by atoms with Crippen molar-refractivity contribution < 1.29 is 9.53 Å². The molecular weight excluding hydrogens is 416 g/mol. The first kappa shape index (κ1) is 18.5. The summed E-state index contributed by atoms with van der Waals surface area (Å²) in [6.45, 7) is 1.98. The number of thioether (sulfide) groups is 1. The van der Waals surface area contributed by atoms with Gasteiger partial charge in [0.2, 0.25) is 11.1 Å². The molecule has 3 aromatic rings. The number of hydrogen-bond donors (Lipinski definition) is 2. The number of rotatable bonds is 6. The van der Waals surface area contributed by atoms with E-state index in [0.29, 0.717) is 11.0 Å². The molecule has 26 heavy (non-hydrogen) atoms. The standard InChI is InChI=1S/C18H17BrN4O2S/c1-11-9-13(5-8-15(11)19)20-16(24)10-26-18-21-17(22-23-18)12-3-6-14(25-2)7-4-12/h3-9H,10H2,1-2H3,(H,20,24)(H,21,22,23). The third kappa shape index (κ3) is 4.64. The van der Waals surface area contributed by atoms with Crippen LogP contribution in [-0.2, 0) is 4.79 Å². The highest BCUT2D eigenvalue weighted by atomic mass is 79.9. The Bertz CT molecular complexity index is 912. The molecule has 0 bridgehead atoms. The number of benzene rings is 2. The maximum Gasteiger partial charge on any atom is 0.234 e. The Morgan fingerprint density at radius 2 is 2.04 bits per heavy atom. The summed E-state index contributed by atoms with van der Waals surface area (Å²) in [7, 11) is 1.62. The lowest BCUT2D eigenvalue weighted by atomic mass is 10.2. The van der Waals surface area contributed by atoms with E-state index < -0.39 is 0 Å². The van der Waals surface area contributed by atoms with Crippen LogP contribution in [0.15, 0.2) is 52.1 Å². The molecule has 1 amide bonds. The fraction of sp³-hybridized carbons (Fsp3) is 0.167. The highest BCUT2D eigenvalue weighted by Gasteiger charge is 2.10. The molecule has 0 fully saturated rings. The molecule has 0 unspecified atom stereocenters. The van der Waals surface area contributed by atoms with E-state index >= 15 is 0 Å². The van der Waals surface area contributed by atoms with Gasteiger partial charge in [-0.3, -0.25) is 9.89 Å². The molecule has 134 valence electrons. The van der Waals surface area contributed by atoms with Crippen LogP contribution in [0.4, 0.5) is 5.69 Å². The number of aromatic nitrogens is 3. The zero-order chi connectivity index (χ0) is 18.5. The van der Waals surface area contributed by atoms with Crippen molar-refractivity contribution in [2.45, 2.75) is 12.1 Å². The molecular formula is C18H17BrN4O2S. The Kier molecular flexibility index (Phi) is 5.95. The van der Waals surface area contributed by atoms with Crippen molar-refractivity contribution in [2.24, 2.45) is 0 Å². The first-order chi connectivity index (χ1) is 12.5. The molecule has 0 aliphatic rings. The summed E-state index contributed by atoms with van der Waals surface area (Å²) in [6.07, 6.45) is 0. The van der Waals surface area contributed by atoms with Gasteiger partial charge in [0.1, 0.15) is 5.75 Å². The molecule has 0 spiro atoms. The van der Waals surface area contributed by atoms with Gasteiger partial charge in [-0.15, -0.1) is 5.10 Å². The van der Waals surface area contributed by atoms with Crippen molar-refractivity contribution >= 4 is 39.3 Å². The maximum atomic E-state index is 12.1. The lowest BCUT2D eigenvalue weighted by molar-refractivity contribution is -0.113. The van der Waals surface area contributed by atoms with Gasteiger partial charge < -0.3 is 10.1 Å². The van der Waals surface area contributed by atoms with E-state index in [2.05, 4.69) is 36.4 Å². The van der Waals surface area contributed by atoms with E-state index in [4.69, 9.17) is 4.74 Å². The summed E-state index contributed by atoms with van der Waals surface area (Å²) in [5.41, 5.74) is 2.73. The molecule has 8 heteroatoms. The predicted molar refractivity (Wildman–Crippen MR) is 107 cm³/mol. The van der Waals surface area contributed by atoms with Crippen LogP contribution in [0.3, 0.4) is 0 Å². The van der Waals surface area contributed by atoms with E-state index in [9.17, 15) is 4.79 Å². The first-order valence-electron chi connectivity index (χ1n) is 7.81. The zero-order valence-corrected chi connectivity index (χ0v) is 16.6. The quantitative estimate of drug-likeness (QED) is 0.568. The molecule has 6 nitrogen and oxygen atoms in total. The number of carbonyl (C=O) groups is 1. The largest absolute Gasteiger partial charge is 0.497 e. The van der Waals surface area contributed by atoms with Gasteiger partial charge in [-0.05, 0) is 55.0 Å². The number of nitrogens with zero attached hydrogens (tertiary/aromatic N) is 2. The van der Waals surface area contributed by atoms with Gasteiger partial charge in [-0.2, -0.15) is 0 Å². The number of nitrogens with one attached hydrogen (secondary N) is 2. The van der Waals surface area contributed by atoms with Crippen molar-refractivity contribution in [3.05, 3.63) is 52.5 Å². The fourth-order valence-corrected chi connectivity index (χ4v) is 3.08. The molecule has 3 rings (SSSR count). The van der Waals surface area contributed by atoms with E-state index in [0.717, 1.165) is 27.0 Å². The number of aromatic amines is 1. The van der Waals surface area contributed by atoms with Crippen molar-refractivity contribution in [1.82, 2.24) is 15.2 Å². The van der Waals surface area contributed by atoms with Crippen LogP contribution in [0.2, 0.25) is 0 Å². The number of halogens is 1. The van der Waals surface area contributed by atoms with Gasteiger partial charge in [-0.1, -0.05) is 27.7 Å². The highest BCUT2D eigenvalue weighted by molar-refractivity contribution is 9.10. The number of anilines is 1. The van der Waals surface area contributed by atoms with Gasteiger partial charge in [-0.25, -0.2) is 4.98 Å². The zero-order valence-electron chi connectivity index (χ0n) is 14.2. The molecule has 0 radical (unpaired) electrons. The van der Waals surface area contributed by atoms with Gasteiger partial charge >= 0.3 is 0 Å². The van der Waals surface area contributed by atoms with Crippen LogP contribution in [0.25, 0.3) is 11.4 Å². The second-order valence-corrected chi connectivity index (χ2v) is 7.29. The van der Waals surface area contributed by atoms with E-state index in [-0.39, 0.29) is 11.7 Å². The van der Waals surface area contributed by atoms with Crippen LogP contribution >= 0.6 is 27.7 Å². The van der Waals surface area contributed by atoms with E-state index in [1.54, 1.807) is 7.11 Å². The van der Waals surface area contributed by atoms with Gasteiger partial charge in [0.15, 0.2) is 5.82 Å². The van der Waals surface area contributed by atoms with Gasteiger partial charge in [0, 0.05) is 15.7 Å². The van der Waals surface area contributed by atoms with E-state index in [1.807, 2.05) is 49.4 Å². The topological polar surface area (TPSA) is 79.9 Å². The van der Waals surface area contributed by atoms with Crippen LogP contribution in [0.5, 0.6) is 5.75 Å². The predicted octanol–water partition coefficient (Wildman–Crippen LogP) is 4.28. The molecule has 0 atom stereocenters. The molecule has 0 aliphatic carbocycles. The summed E-state index contributed by atoms with van der Waals surface area (Å²) in [4.78, 5) is 16.5. The number of hydrogen-bond acceptors (Lipinski definition) is 5. The maximum absolute atomic E-state index is 12.1. The second-order valence-electron chi connectivity index (χ2n) is 5.50. The lowest BCUT2D eigenvalue weighted by Gasteiger charge is -2.06. The van der Waals surface area contributed by atoms with Crippen LogP contribution in [0, 0.1) is 6.92 Å². The summed E-state index contributed by atoms with van der Waals surface area (Å²) >= 11 is 4.72. The fourth-order valence-electron chi connectivity index (χ4n) is 2.24. The Balaban J connectivity index is 1.56. The Hall–Kier alpha value is -2.32. The average molecular weight is 433 g/mol. The van der Waals surface area contributed by atoms with Crippen molar-refractivity contribution in [3.8, 4) is 17.1 Å². The second kappa shape index (κ2) is 8.37. The third-order valence-corrected chi connectivity index (χ3v) is 5.34. The number of amides is 1. The number of methoxy groups -OCH3 is 1. The number of aryl methyl sites for hydroxylation is 1. The molecule has 2 aromatic carbocycles. The van der Waals surface area contributed by atoms with Crippen LogP contribution in [0.1, 0.15) is 5.56 Å². The minimum atomic E-state index is -0.104. The van der Waals surface area contributed by atoms with Crippen LogP contribution < -0.4 is 10.1 Å². The minimum Gasteiger partial charge on any atom is -0.497 e. The Morgan fingerprint density at radius 1 is 1.27 bits per heavy atom. The summed E-state index contributed by atoms with van der Waals surface area (Å²) in [6, 6.07) is 13.2. The highest BCUT2D eigenvalue weighted by Crippen LogP contribution is 2.23. The SMILES string of the molecule is COc1ccc(-c2nc(SCC(=O)Nc3ccc(Br)c(C)c3)n[nH]2)cc1. The molecule has 0 saturated heterocycles. The summed E-state index contributed by atoms with van der Waals surface area (Å²) in [5.74, 6) is 1.56. The van der Waals surface area contributed by atoms with Gasteiger partial charge in [0.25, 0.3) is 0 Å². The summed E-state index contributed by atoms with van der Waals surface area (Å²) < 4.78 is 6.15. The molecule has 1 aromatic heterocycles. The first-order valence-corrected chi connectivity index (χ1v) is 9.58. The van der Waals surface area contributed by atoms with Crippen LogP contribution in [-0.4, -0.2) is 34.0 Å². The smallest absolute Gasteiger partial charge is 0.234 e. The summed E-state index contributed by atoms with van der Waals surface area (Å²) in [5, 5.41) is 10.4. The minimum absolute atomic E-state index is 0.104. The molecule has 0 saturated carbocycles. The average Bonchev–Trinajstić information content (AvgIpc) is 3.12. The van der Waals surface area contributed by atoms with Crippen molar-refractivity contribution in [2.75, 3.05) is 18.2 Å². The third-order valence-electron chi connectivity index (χ3n) is 3.60. The Morgan fingerprint density at radius 3 is 2.73 bits per heavy atom. The van der Waals surface area contributed by atoms with Crippen molar-refractivity contribution in [3.63, 3.8) is 0 Å². The van der Waals surface area contributed by atoms with Gasteiger partial charge in [0.05, 0.1) is 12.9 Å². The Labute approximate surface area is 163 Å².